The highest BCUT2D eigenvalue weighted by atomic mass is 35.5. The van der Waals surface area contributed by atoms with Crippen LogP contribution in [0.1, 0.15) is 6.92 Å². The van der Waals surface area contributed by atoms with Gasteiger partial charge in [0.1, 0.15) is 5.75 Å². The number of rotatable bonds is 4. The zero-order valence-corrected chi connectivity index (χ0v) is 10.0. The third kappa shape index (κ3) is 3.28. The Hall–Kier alpha value is -0.940. The van der Waals surface area contributed by atoms with Crippen LogP contribution < -0.4 is 9.46 Å². The fourth-order valence-corrected chi connectivity index (χ4v) is 1.88. The minimum absolute atomic E-state index is 0.00928. The molecule has 15 heavy (non-hydrogen) atoms. The SMILES string of the molecule is CCS(=O)(=O)Nc1ccc(OC)cc1Cl. The molecular formula is C9H12ClNO3S. The first kappa shape index (κ1) is 12.1. The molecule has 0 radical (unpaired) electrons. The van der Waals surface area contributed by atoms with Crippen molar-refractivity contribution in [2.75, 3.05) is 17.6 Å². The van der Waals surface area contributed by atoms with Gasteiger partial charge in [-0.05, 0) is 19.1 Å². The summed E-state index contributed by atoms with van der Waals surface area (Å²) in [4.78, 5) is 0. The first-order chi connectivity index (χ1) is 6.98. The van der Waals surface area contributed by atoms with Crippen LogP contribution in [0.2, 0.25) is 5.02 Å². The van der Waals surface area contributed by atoms with Gasteiger partial charge in [-0.15, -0.1) is 0 Å². The second kappa shape index (κ2) is 4.72. The van der Waals surface area contributed by atoms with Gasteiger partial charge in [0.15, 0.2) is 0 Å². The van der Waals surface area contributed by atoms with Crippen molar-refractivity contribution in [3.63, 3.8) is 0 Å². The maximum Gasteiger partial charge on any atom is 0.232 e. The van der Waals surface area contributed by atoms with Crippen molar-refractivity contribution in [2.45, 2.75) is 6.92 Å². The lowest BCUT2D eigenvalue weighted by molar-refractivity contribution is 0.415. The molecular weight excluding hydrogens is 238 g/mol. The smallest absolute Gasteiger partial charge is 0.232 e. The maximum absolute atomic E-state index is 11.3. The molecule has 1 aromatic rings. The van der Waals surface area contributed by atoms with Gasteiger partial charge in [-0.1, -0.05) is 11.6 Å². The van der Waals surface area contributed by atoms with Crippen LogP contribution in [-0.2, 0) is 10.0 Å². The first-order valence-electron chi connectivity index (χ1n) is 4.32. The fraction of sp³-hybridized carbons (Fsp3) is 0.333. The van der Waals surface area contributed by atoms with E-state index in [1.54, 1.807) is 25.1 Å². The van der Waals surface area contributed by atoms with Crippen LogP contribution in [0.5, 0.6) is 5.75 Å². The Kier molecular flexibility index (Phi) is 3.82. The second-order valence-corrected chi connectivity index (χ2v) is 5.27. The molecule has 0 heterocycles. The Labute approximate surface area is 94.3 Å². The summed E-state index contributed by atoms with van der Waals surface area (Å²) in [7, 11) is -1.77. The van der Waals surface area contributed by atoms with Gasteiger partial charge in [-0.25, -0.2) is 8.42 Å². The lowest BCUT2D eigenvalue weighted by Crippen LogP contribution is -2.14. The van der Waals surface area contributed by atoms with Crippen LogP contribution in [0, 0.1) is 0 Å². The van der Waals surface area contributed by atoms with E-state index >= 15 is 0 Å². The second-order valence-electron chi connectivity index (χ2n) is 2.85. The van der Waals surface area contributed by atoms with Crippen LogP contribution in [0.25, 0.3) is 0 Å². The van der Waals surface area contributed by atoms with Crippen molar-refractivity contribution in [1.29, 1.82) is 0 Å². The maximum atomic E-state index is 11.3. The molecule has 1 N–H and O–H groups in total. The third-order valence-electron chi connectivity index (χ3n) is 1.82. The number of hydrogen-bond donors (Lipinski definition) is 1. The molecule has 0 saturated carbocycles. The highest BCUT2D eigenvalue weighted by Gasteiger charge is 2.09. The molecule has 0 aliphatic carbocycles. The topological polar surface area (TPSA) is 55.4 Å². The minimum Gasteiger partial charge on any atom is -0.497 e. The number of halogens is 1. The summed E-state index contributed by atoms with van der Waals surface area (Å²) >= 11 is 5.86. The Morgan fingerprint density at radius 3 is 2.60 bits per heavy atom. The number of nitrogens with one attached hydrogen (secondary N) is 1. The Bertz CT molecular complexity index is 445. The van der Waals surface area contributed by atoms with E-state index in [1.807, 2.05) is 0 Å². The van der Waals surface area contributed by atoms with Gasteiger partial charge in [-0.2, -0.15) is 0 Å². The highest BCUT2D eigenvalue weighted by molar-refractivity contribution is 7.92. The van der Waals surface area contributed by atoms with E-state index in [4.69, 9.17) is 16.3 Å². The summed E-state index contributed by atoms with van der Waals surface area (Å²) in [5.41, 5.74) is 0.360. The van der Waals surface area contributed by atoms with Gasteiger partial charge >= 0.3 is 0 Å². The van der Waals surface area contributed by atoms with E-state index < -0.39 is 10.0 Å². The van der Waals surface area contributed by atoms with Crippen molar-refractivity contribution >= 4 is 27.3 Å². The Balaban J connectivity index is 2.97. The molecule has 4 nitrogen and oxygen atoms in total. The van der Waals surface area contributed by atoms with Gasteiger partial charge in [-0.3, -0.25) is 4.72 Å². The van der Waals surface area contributed by atoms with Gasteiger partial charge in [0.05, 0.1) is 23.6 Å². The van der Waals surface area contributed by atoms with Crippen LogP contribution in [0.15, 0.2) is 18.2 Å². The van der Waals surface area contributed by atoms with Crippen molar-refractivity contribution in [3.8, 4) is 5.75 Å². The molecule has 6 heteroatoms. The molecule has 0 amide bonds. The van der Waals surface area contributed by atoms with Gasteiger partial charge in [0.25, 0.3) is 0 Å². The van der Waals surface area contributed by atoms with Crippen molar-refractivity contribution in [1.82, 2.24) is 0 Å². The number of hydrogen-bond acceptors (Lipinski definition) is 3. The monoisotopic (exact) mass is 249 g/mol. The molecule has 1 aromatic carbocycles. The van der Waals surface area contributed by atoms with E-state index in [9.17, 15) is 8.42 Å². The quantitative estimate of drug-likeness (QED) is 0.889. The van der Waals surface area contributed by atoms with Crippen molar-refractivity contribution < 1.29 is 13.2 Å². The van der Waals surface area contributed by atoms with Gasteiger partial charge < -0.3 is 4.74 Å². The number of methoxy groups -OCH3 is 1. The number of ether oxygens (including phenoxy) is 1. The van der Waals surface area contributed by atoms with E-state index in [0.717, 1.165) is 0 Å². The summed E-state index contributed by atoms with van der Waals surface area (Å²) in [6.45, 7) is 1.56. The molecule has 1 rings (SSSR count). The zero-order chi connectivity index (χ0) is 11.5. The van der Waals surface area contributed by atoms with Gasteiger partial charge in [0.2, 0.25) is 10.0 Å². The molecule has 0 atom stereocenters. The standard InChI is InChI=1S/C9H12ClNO3S/c1-3-15(12,13)11-9-5-4-7(14-2)6-8(9)10/h4-6,11H,3H2,1-2H3. The number of sulfonamides is 1. The van der Waals surface area contributed by atoms with E-state index in [-0.39, 0.29) is 5.75 Å². The molecule has 0 spiro atoms. The summed E-state index contributed by atoms with van der Waals surface area (Å²) in [6.07, 6.45) is 0. The van der Waals surface area contributed by atoms with Crippen molar-refractivity contribution in [2.24, 2.45) is 0 Å². The normalized spacial score (nSPS) is 11.1. The van der Waals surface area contributed by atoms with Crippen LogP contribution >= 0.6 is 11.6 Å². The van der Waals surface area contributed by atoms with E-state index in [2.05, 4.69) is 4.72 Å². The molecule has 0 aliphatic heterocycles. The summed E-state index contributed by atoms with van der Waals surface area (Å²) in [5.74, 6) is 0.592. The molecule has 0 saturated heterocycles. The Morgan fingerprint density at radius 1 is 1.47 bits per heavy atom. The number of benzene rings is 1. The van der Waals surface area contributed by atoms with Crippen molar-refractivity contribution in [3.05, 3.63) is 23.2 Å². The Morgan fingerprint density at radius 2 is 2.13 bits per heavy atom. The molecule has 0 fully saturated rings. The predicted octanol–water partition coefficient (Wildman–Crippen LogP) is 2.11. The largest absolute Gasteiger partial charge is 0.497 e. The minimum atomic E-state index is -3.29. The summed E-state index contributed by atoms with van der Waals surface area (Å²) in [5, 5.41) is 0.311. The molecule has 84 valence electrons. The lowest BCUT2D eigenvalue weighted by Gasteiger charge is -2.08. The zero-order valence-electron chi connectivity index (χ0n) is 8.45. The average molecular weight is 250 g/mol. The summed E-state index contributed by atoms with van der Waals surface area (Å²) in [6, 6.07) is 4.75. The van der Waals surface area contributed by atoms with E-state index in [0.29, 0.717) is 16.5 Å². The summed E-state index contributed by atoms with van der Waals surface area (Å²) < 4.78 is 29.9. The molecule has 0 unspecified atom stereocenters. The van der Waals surface area contributed by atoms with E-state index in [1.165, 1.54) is 7.11 Å². The fourth-order valence-electron chi connectivity index (χ4n) is 0.945. The van der Waals surface area contributed by atoms with Crippen LogP contribution in [0.4, 0.5) is 5.69 Å². The first-order valence-corrected chi connectivity index (χ1v) is 6.35. The molecule has 0 bridgehead atoms. The third-order valence-corrected chi connectivity index (χ3v) is 3.43. The number of anilines is 1. The van der Waals surface area contributed by atoms with Crippen LogP contribution in [0.3, 0.4) is 0 Å². The molecule has 0 aliphatic rings. The van der Waals surface area contributed by atoms with Crippen LogP contribution in [-0.4, -0.2) is 21.3 Å². The highest BCUT2D eigenvalue weighted by Crippen LogP contribution is 2.27. The predicted molar refractivity (Wildman–Crippen MR) is 61.1 cm³/mol. The average Bonchev–Trinajstić information content (AvgIpc) is 2.21. The van der Waals surface area contributed by atoms with Gasteiger partial charge in [0, 0.05) is 6.07 Å². The molecule has 0 aromatic heterocycles. The lowest BCUT2D eigenvalue weighted by atomic mass is 10.3.